The molecule has 0 fully saturated rings. The molecule has 0 unspecified atom stereocenters. The number of amidine groups is 1. The van der Waals surface area contributed by atoms with Gasteiger partial charge in [0.25, 0.3) is 0 Å². The van der Waals surface area contributed by atoms with E-state index in [1.54, 1.807) is 0 Å². The smallest absolute Gasteiger partial charge is 0.321 e. The summed E-state index contributed by atoms with van der Waals surface area (Å²) in [6.45, 7) is 0. The van der Waals surface area contributed by atoms with Gasteiger partial charge < -0.3 is 21.2 Å². The highest BCUT2D eigenvalue weighted by atomic mass is 19.1. The Morgan fingerprint density at radius 3 is 2.65 bits per heavy atom. The Morgan fingerprint density at radius 1 is 1.53 bits per heavy atom. The normalized spacial score (nSPS) is 11.1. The van der Waals surface area contributed by atoms with Crippen molar-refractivity contribution in [1.82, 2.24) is 4.90 Å². The van der Waals surface area contributed by atoms with Crippen LogP contribution in [0.1, 0.15) is 5.56 Å². The van der Waals surface area contributed by atoms with E-state index in [9.17, 15) is 9.18 Å². The van der Waals surface area contributed by atoms with Crippen LogP contribution in [0.25, 0.3) is 0 Å². The zero-order valence-electron chi connectivity index (χ0n) is 9.44. The number of carbonyl (C=O) groups excluding carboxylic acids is 1. The number of amides is 2. The lowest BCUT2D eigenvalue weighted by Crippen LogP contribution is -2.27. The van der Waals surface area contributed by atoms with Crippen molar-refractivity contribution in [1.29, 1.82) is 0 Å². The summed E-state index contributed by atoms with van der Waals surface area (Å²) < 4.78 is 13.5. The van der Waals surface area contributed by atoms with E-state index in [0.717, 1.165) is 6.07 Å². The van der Waals surface area contributed by atoms with Gasteiger partial charge in [-0.25, -0.2) is 9.18 Å². The molecule has 0 aliphatic carbocycles. The molecule has 0 atom stereocenters. The van der Waals surface area contributed by atoms with Crippen LogP contribution >= 0.6 is 0 Å². The Labute approximate surface area is 97.5 Å². The van der Waals surface area contributed by atoms with Gasteiger partial charge in [0.05, 0.1) is 5.69 Å². The van der Waals surface area contributed by atoms with E-state index in [1.807, 2.05) is 0 Å². The predicted octanol–water partition coefficient (Wildman–Crippen LogP) is 1.01. The van der Waals surface area contributed by atoms with Gasteiger partial charge in [-0.1, -0.05) is 5.16 Å². The Kier molecular flexibility index (Phi) is 3.86. The molecule has 0 saturated carbocycles. The zero-order valence-corrected chi connectivity index (χ0v) is 9.44. The van der Waals surface area contributed by atoms with Gasteiger partial charge in [0.15, 0.2) is 5.84 Å². The van der Waals surface area contributed by atoms with Crippen molar-refractivity contribution in [3.05, 3.63) is 29.6 Å². The second kappa shape index (κ2) is 5.15. The van der Waals surface area contributed by atoms with Gasteiger partial charge in [-0.05, 0) is 18.2 Å². The minimum atomic E-state index is -0.663. The van der Waals surface area contributed by atoms with Crippen molar-refractivity contribution in [2.45, 2.75) is 0 Å². The van der Waals surface area contributed by atoms with Gasteiger partial charge in [0.2, 0.25) is 0 Å². The monoisotopic (exact) mass is 240 g/mol. The van der Waals surface area contributed by atoms with Crippen molar-refractivity contribution in [2.24, 2.45) is 10.9 Å². The molecule has 6 nitrogen and oxygen atoms in total. The van der Waals surface area contributed by atoms with Crippen LogP contribution in [0.5, 0.6) is 0 Å². The first kappa shape index (κ1) is 12.8. The number of urea groups is 1. The first-order valence-electron chi connectivity index (χ1n) is 4.71. The molecular weight excluding hydrogens is 227 g/mol. The van der Waals surface area contributed by atoms with E-state index in [1.165, 1.54) is 31.1 Å². The molecule has 2 amide bonds. The third-order valence-electron chi connectivity index (χ3n) is 2.02. The molecule has 0 aromatic heterocycles. The fourth-order valence-electron chi connectivity index (χ4n) is 1.06. The number of nitrogens with zero attached hydrogens (tertiary/aromatic N) is 2. The number of anilines is 1. The molecule has 0 aliphatic heterocycles. The maximum atomic E-state index is 13.5. The molecule has 17 heavy (non-hydrogen) atoms. The Bertz CT molecular complexity index is 460. The molecule has 0 radical (unpaired) electrons. The van der Waals surface area contributed by atoms with Crippen molar-refractivity contribution >= 4 is 17.6 Å². The number of carbonyl (C=O) groups is 1. The molecule has 1 rings (SSSR count). The fourth-order valence-corrected chi connectivity index (χ4v) is 1.06. The first-order chi connectivity index (χ1) is 7.95. The predicted molar refractivity (Wildman–Crippen MR) is 61.6 cm³/mol. The molecule has 1 aromatic carbocycles. The number of nitrogens with two attached hydrogens (primary N) is 1. The molecule has 4 N–H and O–H groups in total. The SMILES string of the molecule is CN(C)C(=O)Nc1ccc(/C(N)=N/O)cc1F. The highest BCUT2D eigenvalue weighted by Crippen LogP contribution is 2.16. The average molecular weight is 240 g/mol. The van der Waals surface area contributed by atoms with Crippen LogP contribution in [0.2, 0.25) is 0 Å². The Hall–Kier alpha value is -2.31. The van der Waals surface area contributed by atoms with Crippen molar-refractivity contribution in [2.75, 3.05) is 19.4 Å². The van der Waals surface area contributed by atoms with E-state index in [2.05, 4.69) is 10.5 Å². The number of oxime groups is 1. The molecule has 0 bridgehead atoms. The molecule has 7 heteroatoms. The standard InChI is InChI=1S/C10H13FN4O2/c1-15(2)10(16)13-8-4-3-6(5-7(8)11)9(12)14-17/h3-5,17H,1-2H3,(H2,12,14)(H,13,16). The summed E-state index contributed by atoms with van der Waals surface area (Å²) in [5.74, 6) is -0.862. The lowest BCUT2D eigenvalue weighted by atomic mass is 10.2. The third-order valence-corrected chi connectivity index (χ3v) is 2.02. The quantitative estimate of drug-likeness (QED) is 0.312. The molecule has 1 aromatic rings. The number of nitrogens with one attached hydrogen (secondary N) is 1. The van der Waals surface area contributed by atoms with Gasteiger partial charge in [-0.15, -0.1) is 0 Å². The minimum Gasteiger partial charge on any atom is -0.409 e. The van der Waals surface area contributed by atoms with Crippen molar-refractivity contribution in [3.8, 4) is 0 Å². The minimum absolute atomic E-state index is 0.0261. The van der Waals surface area contributed by atoms with Crippen LogP contribution in [-0.2, 0) is 0 Å². The lowest BCUT2D eigenvalue weighted by molar-refractivity contribution is 0.230. The number of hydrogen-bond acceptors (Lipinski definition) is 3. The zero-order chi connectivity index (χ0) is 13.0. The molecule has 92 valence electrons. The topological polar surface area (TPSA) is 91.0 Å². The van der Waals surface area contributed by atoms with Gasteiger partial charge in [0, 0.05) is 19.7 Å². The molecule has 0 heterocycles. The largest absolute Gasteiger partial charge is 0.409 e. The van der Waals surface area contributed by atoms with Gasteiger partial charge in [0.1, 0.15) is 5.82 Å². The summed E-state index contributed by atoms with van der Waals surface area (Å²) in [5, 5.41) is 13.5. The number of halogens is 1. The van der Waals surface area contributed by atoms with E-state index in [-0.39, 0.29) is 17.1 Å². The van der Waals surface area contributed by atoms with Crippen LogP contribution in [0.4, 0.5) is 14.9 Å². The molecule has 0 saturated heterocycles. The van der Waals surface area contributed by atoms with Crippen LogP contribution < -0.4 is 11.1 Å². The lowest BCUT2D eigenvalue weighted by Gasteiger charge is -2.12. The van der Waals surface area contributed by atoms with Crippen LogP contribution in [0, 0.1) is 5.82 Å². The van der Waals surface area contributed by atoms with Crippen LogP contribution in [0.3, 0.4) is 0 Å². The first-order valence-corrected chi connectivity index (χ1v) is 4.71. The van der Waals surface area contributed by atoms with Gasteiger partial charge in [-0.2, -0.15) is 0 Å². The maximum Gasteiger partial charge on any atom is 0.321 e. The maximum absolute atomic E-state index is 13.5. The van der Waals surface area contributed by atoms with E-state index >= 15 is 0 Å². The Morgan fingerprint density at radius 2 is 2.18 bits per heavy atom. The summed E-state index contributed by atoms with van der Waals surface area (Å²) in [4.78, 5) is 12.6. The summed E-state index contributed by atoms with van der Waals surface area (Å²) in [5.41, 5.74) is 5.56. The highest BCUT2D eigenvalue weighted by molar-refractivity contribution is 5.98. The average Bonchev–Trinajstić information content (AvgIpc) is 2.30. The van der Waals surface area contributed by atoms with Crippen LogP contribution in [0.15, 0.2) is 23.4 Å². The van der Waals surface area contributed by atoms with Crippen molar-refractivity contribution < 1.29 is 14.4 Å². The second-order valence-corrected chi connectivity index (χ2v) is 3.50. The second-order valence-electron chi connectivity index (χ2n) is 3.50. The van der Waals surface area contributed by atoms with E-state index in [4.69, 9.17) is 10.9 Å². The molecule has 0 spiro atoms. The number of hydrogen-bond donors (Lipinski definition) is 3. The fraction of sp³-hybridized carbons (Fsp3) is 0.200. The van der Waals surface area contributed by atoms with E-state index in [0.29, 0.717) is 0 Å². The summed E-state index contributed by atoms with van der Waals surface area (Å²) >= 11 is 0. The van der Waals surface area contributed by atoms with Gasteiger partial charge in [-0.3, -0.25) is 0 Å². The summed E-state index contributed by atoms with van der Waals surface area (Å²) in [6, 6.07) is 3.40. The summed E-state index contributed by atoms with van der Waals surface area (Å²) in [7, 11) is 3.08. The third kappa shape index (κ3) is 3.07. The number of rotatable bonds is 2. The van der Waals surface area contributed by atoms with E-state index < -0.39 is 11.8 Å². The summed E-state index contributed by atoms with van der Waals surface area (Å²) in [6.07, 6.45) is 0. The highest BCUT2D eigenvalue weighted by Gasteiger charge is 2.10. The molecule has 0 aliphatic rings. The van der Waals surface area contributed by atoms with Crippen molar-refractivity contribution in [3.63, 3.8) is 0 Å². The molecular formula is C10H13FN4O2. The number of benzene rings is 1. The Balaban J connectivity index is 2.95. The van der Waals surface area contributed by atoms with Crippen LogP contribution in [-0.4, -0.2) is 36.1 Å². The van der Waals surface area contributed by atoms with Gasteiger partial charge >= 0.3 is 6.03 Å².